The molecule has 3 rings (SSSR count). The molecule has 0 saturated carbocycles. The summed E-state index contributed by atoms with van der Waals surface area (Å²) in [6.07, 6.45) is 0. The van der Waals surface area contributed by atoms with Crippen molar-refractivity contribution in [2.45, 2.75) is 20.8 Å². The van der Waals surface area contributed by atoms with Crippen molar-refractivity contribution < 1.29 is 4.42 Å². The van der Waals surface area contributed by atoms with Gasteiger partial charge in [-0.1, -0.05) is 0 Å². The standard InChI is InChI=1S/C17H16N2OSe/c1-11-9-12(2)15(13(3)10-11)21-17-19-18-16(20-17)14-7-5-4-6-8-14/h4-10H,1-3H3. The summed E-state index contributed by atoms with van der Waals surface area (Å²) in [4.78, 5) is 0.719. The summed E-state index contributed by atoms with van der Waals surface area (Å²) in [5.41, 5.74) is 4.85. The van der Waals surface area contributed by atoms with Crippen LogP contribution >= 0.6 is 0 Å². The molecule has 0 atom stereocenters. The second kappa shape index (κ2) is 5.84. The van der Waals surface area contributed by atoms with Gasteiger partial charge in [-0.2, -0.15) is 0 Å². The van der Waals surface area contributed by atoms with E-state index < -0.39 is 0 Å². The molecule has 0 aliphatic rings. The zero-order valence-electron chi connectivity index (χ0n) is 12.3. The van der Waals surface area contributed by atoms with Crippen molar-refractivity contribution in [2.24, 2.45) is 0 Å². The summed E-state index contributed by atoms with van der Waals surface area (Å²) in [6.45, 7) is 6.41. The molecule has 0 N–H and O–H groups in total. The van der Waals surface area contributed by atoms with Crippen molar-refractivity contribution in [3.05, 3.63) is 59.2 Å². The molecular formula is C17H16N2OSe. The van der Waals surface area contributed by atoms with E-state index in [4.69, 9.17) is 4.42 Å². The first-order valence-electron chi connectivity index (χ1n) is 6.78. The summed E-state index contributed by atoms with van der Waals surface area (Å²) < 4.78 is 7.15. The van der Waals surface area contributed by atoms with Crippen LogP contribution in [0.3, 0.4) is 0 Å². The minimum atomic E-state index is 0.0435. The SMILES string of the molecule is Cc1cc(C)c([Se]c2nnc(-c3ccccc3)o2)c(C)c1. The predicted octanol–water partition coefficient (Wildman–Crippen LogP) is 2.32. The number of hydrogen-bond donors (Lipinski definition) is 0. The number of nitrogens with zero attached hydrogens (tertiary/aromatic N) is 2. The normalized spacial score (nSPS) is 10.8. The van der Waals surface area contributed by atoms with Crippen molar-refractivity contribution in [3.63, 3.8) is 0 Å². The third-order valence-corrected chi connectivity index (χ3v) is 5.71. The molecule has 2 aromatic carbocycles. The van der Waals surface area contributed by atoms with E-state index in [1.165, 1.54) is 21.2 Å². The quantitative estimate of drug-likeness (QED) is 0.685. The fourth-order valence-electron chi connectivity index (χ4n) is 2.36. The molecule has 0 spiro atoms. The molecule has 0 aliphatic carbocycles. The first-order chi connectivity index (χ1) is 10.1. The van der Waals surface area contributed by atoms with Crippen LogP contribution in [0.25, 0.3) is 11.5 Å². The zero-order valence-corrected chi connectivity index (χ0v) is 14.0. The van der Waals surface area contributed by atoms with E-state index in [0.717, 1.165) is 10.4 Å². The number of aromatic nitrogens is 2. The number of aryl methyl sites for hydroxylation is 3. The molecule has 1 heterocycles. The number of hydrogen-bond acceptors (Lipinski definition) is 3. The molecule has 4 heteroatoms. The van der Waals surface area contributed by atoms with Gasteiger partial charge in [0.05, 0.1) is 0 Å². The molecule has 0 fully saturated rings. The van der Waals surface area contributed by atoms with Crippen LogP contribution in [0.2, 0.25) is 0 Å². The predicted molar refractivity (Wildman–Crippen MR) is 85.4 cm³/mol. The Kier molecular flexibility index (Phi) is 3.91. The molecule has 0 radical (unpaired) electrons. The van der Waals surface area contributed by atoms with E-state index in [0.29, 0.717) is 5.89 Å². The summed E-state index contributed by atoms with van der Waals surface area (Å²) in [5, 5.41) is 8.36. The van der Waals surface area contributed by atoms with E-state index in [-0.39, 0.29) is 15.0 Å². The average molecular weight is 343 g/mol. The topological polar surface area (TPSA) is 38.9 Å². The maximum atomic E-state index is 5.82. The second-order valence-corrected chi connectivity index (χ2v) is 7.09. The summed E-state index contributed by atoms with van der Waals surface area (Å²) in [7, 11) is 0. The Labute approximate surface area is 130 Å². The van der Waals surface area contributed by atoms with Gasteiger partial charge in [0.2, 0.25) is 0 Å². The average Bonchev–Trinajstić information content (AvgIpc) is 2.92. The third-order valence-electron chi connectivity index (χ3n) is 3.22. The summed E-state index contributed by atoms with van der Waals surface area (Å²) in [5.74, 6) is 0.592. The van der Waals surface area contributed by atoms with Crippen LogP contribution in [0.5, 0.6) is 0 Å². The Morgan fingerprint density at radius 1 is 0.905 bits per heavy atom. The zero-order chi connectivity index (χ0) is 14.8. The number of benzene rings is 2. The van der Waals surface area contributed by atoms with Crippen LogP contribution < -0.4 is 9.25 Å². The number of rotatable bonds is 3. The summed E-state index contributed by atoms with van der Waals surface area (Å²) >= 11 is 0.0435. The van der Waals surface area contributed by atoms with Gasteiger partial charge in [-0.3, -0.25) is 0 Å². The molecule has 1 aromatic heterocycles. The Balaban J connectivity index is 1.89. The van der Waals surface area contributed by atoms with Gasteiger partial charge in [-0.25, -0.2) is 0 Å². The van der Waals surface area contributed by atoms with Crippen molar-refractivity contribution in [1.29, 1.82) is 0 Å². The van der Waals surface area contributed by atoms with E-state index in [1.807, 2.05) is 30.3 Å². The van der Waals surface area contributed by atoms with Crippen LogP contribution in [0, 0.1) is 20.8 Å². The van der Waals surface area contributed by atoms with Gasteiger partial charge in [0.1, 0.15) is 0 Å². The third kappa shape index (κ3) is 3.07. The van der Waals surface area contributed by atoms with Crippen LogP contribution in [0.1, 0.15) is 16.7 Å². The molecule has 21 heavy (non-hydrogen) atoms. The van der Waals surface area contributed by atoms with Gasteiger partial charge in [-0.05, 0) is 0 Å². The van der Waals surface area contributed by atoms with E-state index in [9.17, 15) is 0 Å². The molecule has 106 valence electrons. The Morgan fingerprint density at radius 2 is 1.57 bits per heavy atom. The second-order valence-electron chi connectivity index (χ2n) is 5.07. The van der Waals surface area contributed by atoms with Gasteiger partial charge in [-0.15, -0.1) is 0 Å². The molecule has 0 bridgehead atoms. The van der Waals surface area contributed by atoms with Gasteiger partial charge < -0.3 is 0 Å². The fraction of sp³-hybridized carbons (Fsp3) is 0.176. The Bertz CT molecular complexity index is 742. The first kappa shape index (κ1) is 14.1. The molecule has 3 aromatic rings. The van der Waals surface area contributed by atoms with Crippen molar-refractivity contribution >= 4 is 24.2 Å². The molecule has 0 saturated heterocycles. The fourth-order valence-corrected chi connectivity index (χ4v) is 4.08. The minimum absolute atomic E-state index is 0.0435. The van der Waals surface area contributed by atoms with Gasteiger partial charge >= 0.3 is 130 Å². The first-order valence-corrected chi connectivity index (χ1v) is 8.49. The van der Waals surface area contributed by atoms with E-state index in [1.54, 1.807) is 0 Å². The molecule has 3 nitrogen and oxygen atoms in total. The van der Waals surface area contributed by atoms with Crippen LogP contribution in [0.4, 0.5) is 0 Å². The van der Waals surface area contributed by atoms with Crippen LogP contribution in [-0.2, 0) is 0 Å². The van der Waals surface area contributed by atoms with E-state index in [2.05, 4.69) is 43.1 Å². The van der Waals surface area contributed by atoms with Crippen molar-refractivity contribution in [1.82, 2.24) is 10.2 Å². The van der Waals surface area contributed by atoms with Crippen molar-refractivity contribution in [2.75, 3.05) is 0 Å². The molecule has 0 unspecified atom stereocenters. The van der Waals surface area contributed by atoms with Crippen molar-refractivity contribution in [3.8, 4) is 11.5 Å². The van der Waals surface area contributed by atoms with Gasteiger partial charge in [0.15, 0.2) is 0 Å². The molecular weight excluding hydrogens is 327 g/mol. The maximum absolute atomic E-state index is 5.82. The molecule has 0 amide bonds. The summed E-state index contributed by atoms with van der Waals surface area (Å²) in [6, 6.07) is 14.3. The van der Waals surface area contributed by atoms with Gasteiger partial charge in [0.25, 0.3) is 0 Å². The van der Waals surface area contributed by atoms with E-state index >= 15 is 0 Å². The monoisotopic (exact) mass is 344 g/mol. The molecule has 0 aliphatic heterocycles. The Morgan fingerprint density at radius 3 is 2.24 bits per heavy atom. The Hall–Kier alpha value is -1.90. The van der Waals surface area contributed by atoms with Gasteiger partial charge in [0, 0.05) is 0 Å². The van der Waals surface area contributed by atoms with Crippen LogP contribution in [0.15, 0.2) is 46.9 Å². The van der Waals surface area contributed by atoms with Crippen LogP contribution in [-0.4, -0.2) is 25.2 Å².